The maximum atomic E-state index is 10.6. The predicted molar refractivity (Wildman–Crippen MR) is 64.4 cm³/mol. The quantitative estimate of drug-likeness (QED) is 0.475. The van der Waals surface area contributed by atoms with Crippen LogP contribution in [0.4, 0.5) is 11.4 Å². The van der Waals surface area contributed by atoms with E-state index >= 15 is 0 Å². The molecule has 0 spiro atoms. The van der Waals surface area contributed by atoms with Crippen molar-refractivity contribution in [2.45, 2.75) is 0 Å². The molecule has 0 aliphatic rings. The number of rotatable bonds is 6. The van der Waals surface area contributed by atoms with E-state index in [-0.39, 0.29) is 23.7 Å². The van der Waals surface area contributed by atoms with Crippen molar-refractivity contribution in [3.8, 4) is 5.75 Å². The van der Waals surface area contributed by atoms with E-state index in [9.17, 15) is 14.9 Å². The monoisotopic (exact) mass is 268 g/mol. The van der Waals surface area contributed by atoms with E-state index in [1.807, 2.05) is 0 Å². The number of methoxy groups -OCH3 is 1. The molecule has 9 heteroatoms. The number of nitro benzene ring substituents is 1. The Labute approximate surface area is 108 Å². The Balaban J connectivity index is 2.92. The van der Waals surface area contributed by atoms with Gasteiger partial charge in [0, 0.05) is 13.1 Å². The fourth-order valence-corrected chi connectivity index (χ4v) is 1.21. The van der Waals surface area contributed by atoms with E-state index in [0.717, 1.165) is 5.01 Å². The highest BCUT2D eigenvalue weighted by atomic mass is 16.6. The minimum absolute atomic E-state index is 0.130. The SMILES string of the molecule is COc1cc([N+](=O)[O-])ccc1N=NN(C)CC(=O)O. The molecular weight excluding hydrogens is 256 g/mol. The number of nitrogens with zero attached hydrogens (tertiary/aromatic N) is 4. The lowest BCUT2D eigenvalue weighted by molar-refractivity contribution is -0.384. The molecule has 0 aliphatic heterocycles. The summed E-state index contributed by atoms with van der Waals surface area (Å²) in [5.74, 6) is -0.862. The first-order valence-corrected chi connectivity index (χ1v) is 5.11. The normalized spacial score (nSPS) is 10.4. The molecule has 9 nitrogen and oxygen atoms in total. The van der Waals surface area contributed by atoms with Crippen LogP contribution in [0.1, 0.15) is 0 Å². The van der Waals surface area contributed by atoms with Gasteiger partial charge in [-0.1, -0.05) is 5.22 Å². The zero-order valence-corrected chi connectivity index (χ0v) is 10.3. The first-order chi connectivity index (χ1) is 8.93. The first-order valence-electron chi connectivity index (χ1n) is 5.11. The van der Waals surface area contributed by atoms with Crippen molar-refractivity contribution in [3.63, 3.8) is 0 Å². The van der Waals surface area contributed by atoms with Gasteiger partial charge in [0.25, 0.3) is 5.69 Å². The highest BCUT2D eigenvalue weighted by molar-refractivity contribution is 5.68. The van der Waals surface area contributed by atoms with E-state index in [2.05, 4.69) is 10.3 Å². The van der Waals surface area contributed by atoms with Gasteiger partial charge in [0.05, 0.1) is 18.1 Å². The molecule has 1 N–H and O–H groups in total. The molecule has 0 saturated carbocycles. The van der Waals surface area contributed by atoms with Crippen molar-refractivity contribution in [2.24, 2.45) is 10.3 Å². The number of nitro groups is 1. The molecule has 0 radical (unpaired) electrons. The van der Waals surface area contributed by atoms with E-state index in [4.69, 9.17) is 9.84 Å². The number of non-ortho nitro benzene ring substituents is 1. The second kappa shape index (κ2) is 6.28. The molecule has 102 valence electrons. The summed E-state index contributed by atoms with van der Waals surface area (Å²) in [7, 11) is 2.79. The number of hydrogen-bond donors (Lipinski definition) is 1. The van der Waals surface area contributed by atoms with Gasteiger partial charge in [-0.3, -0.25) is 19.9 Å². The van der Waals surface area contributed by atoms with Crippen molar-refractivity contribution in [3.05, 3.63) is 28.3 Å². The number of benzene rings is 1. The molecule has 0 aliphatic carbocycles. The third kappa shape index (κ3) is 4.22. The molecule has 0 heterocycles. The summed E-state index contributed by atoms with van der Waals surface area (Å²) < 4.78 is 4.96. The second-order valence-electron chi connectivity index (χ2n) is 3.51. The third-order valence-corrected chi connectivity index (χ3v) is 2.04. The van der Waals surface area contributed by atoms with Crippen molar-refractivity contribution in [2.75, 3.05) is 20.7 Å². The van der Waals surface area contributed by atoms with Crippen molar-refractivity contribution in [1.82, 2.24) is 5.01 Å². The maximum Gasteiger partial charge on any atom is 0.324 e. The van der Waals surface area contributed by atoms with Crippen molar-refractivity contribution < 1.29 is 19.6 Å². The van der Waals surface area contributed by atoms with E-state index in [1.54, 1.807) is 0 Å². The van der Waals surface area contributed by atoms with Crippen LogP contribution in [0.5, 0.6) is 5.75 Å². The Morgan fingerprint density at radius 1 is 1.58 bits per heavy atom. The van der Waals surface area contributed by atoms with Gasteiger partial charge in [0.2, 0.25) is 0 Å². The molecule has 0 saturated heterocycles. The minimum atomic E-state index is -1.04. The van der Waals surface area contributed by atoms with Gasteiger partial charge >= 0.3 is 5.97 Å². The van der Waals surface area contributed by atoms with Crippen LogP contribution >= 0.6 is 0 Å². The maximum absolute atomic E-state index is 10.6. The summed E-state index contributed by atoms with van der Waals surface area (Å²) in [5.41, 5.74) is 0.139. The number of likely N-dealkylation sites (N-methyl/N-ethyl adjacent to an activating group) is 1. The largest absolute Gasteiger partial charge is 0.494 e. The highest BCUT2D eigenvalue weighted by Crippen LogP contribution is 2.31. The van der Waals surface area contributed by atoms with Gasteiger partial charge < -0.3 is 9.84 Å². The zero-order valence-electron chi connectivity index (χ0n) is 10.3. The molecule has 1 rings (SSSR count). The molecule has 1 aromatic carbocycles. The molecule has 0 atom stereocenters. The van der Waals surface area contributed by atoms with E-state index < -0.39 is 10.9 Å². The van der Waals surface area contributed by atoms with Gasteiger partial charge in [-0.2, -0.15) is 0 Å². The van der Waals surface area contributed by atoms with Gasteiger partial charge in [-0.15, -0.1) is 5.11 Å². The van der Waals surface area contributed by atoms with Crippen molar-refractivity contribution in [1.29, 1.82) is 0 Å². The summed E-state index contributed by atoms with van der Waals surface area (Å²) in [6.45, 7) is -0.307. The summed E-state index contributed by atoms with van der Waals surface area (Å²) in [5, 5.41) is 27.7. The summed E-state index contributed by atoms with van der Waals surface area (Å²) in [4.78, 5) is 20.5. The van der Waals surface area contributed by atoms with Crippen LogP contribution in [0.2, 0.25) is 0 Å². The Hall–Kier alpha value is -2.71. The predicted octanol–water partition coefficient (Wildman–Crippen LogP) is 1.62. The highest BCUT2D eigenvalue weighted by Gasteiger charge is 2.11. The topological polar surface area (TPSA) is 118 Å². The van der Waals surface area contributed by atoms with Crippen LogP contribution in [-0.4, -0.2) is 41.7 Å². The second-order valence-corrected chi connectivity index (χ2v) is 3.51. The average molecular weight is 268 g/mol. The molecule has 0 aromatic heterocycles. The summed E-state index contributed by atoms with van der Waals surface area (Å²) in [6.07, 6.45) is 0. The Kier molecular flexibility index (Phi) is 4.75. The molecule has 1 aromatic rings. The van der Waals surface area contributed by atoms with E-state index in [1.165, 1.54) is 32.4 Å². The number of ether oxygens (including phenoxy) is 1. The molecule has 0 amide bonds. The Bertz CT molecular complexity index is 517. The minimum Gasteiger partial charge on any atom is -0.494 e. The van der Waals surface area contributed by atoms with Crippen LogP contribution in [0.25, 0.3) is 0 Å². The average Bonchev–Trinajstić information content (AvgIpc) is 2.35. The standard InChI is InChI=1S/C10H12N4O5/c1-13(6-10(15)16)12-11-8-4-3-7(14(17)18)5-9(8)19-2/h3-5H,6H2,1-2H3,(H,15,16). The van der Waals surface area contributed by atoms with E-state index in [0.29, 0.717) is 0 Å². The fraction of sp³-hybridized carbons (Fsp3) is 0.300. The van der Waals surface area contributed by atoms with Crippen LogP contribution < -0.4 is 4.74 Å². The van der Waals surface area contributed by atoms with Gasteiger partial charge in [-0.05, 0) is 6.07 Å². The first kappa shape index (κ1) is 14.4. The number of hydrogen-bond acceptors (Lipinski definition) is 6. The Morgan fingerprint density at radius 3 is 2.79 bits per heavy atom. The Morgan fingerprint density at radius 2 is 2.26 bits per heavy atom. The summed E-state index contributed by atoms with van der Waals surface area (Å²) in [6, 6.07) is 3.84. The molecule has 0 bridgehead atoms. The third-order valence-electron chi connectivity index (χ3n) is 2.04. The molecular formula is C10H12N4O5. The lowest BCUT2D eigenvalue weighted by Gasteiger charge is -2.08. The molecule has 0 unspecified atom stereocenters. The molecule has 0 fully saturated rings. The van der Waals surface area contributed by atoms with Crippen LogP contribution in [0.15, 0.2) is 28.5 Å². The van der Waals surface area contributed by atoms with Gasteiger partial charge in [-0.25, -0.2) is 0 Å². The zero-order chi connectivity index (χ0) is 14.4. The number of aliphatic carboxylic acids is 1. The summed E-state index contributed by atoms with van der Waals surface area (Å²) >= 11 is 0. The number of carboxylic acid groups (broad SMARTS) is 1. The van der Waals surface area contributed by atoms with Crippen molar-refractivity contribution >= 4 is 17.3 Å². The molecule has 19 heavy (non-hydrogen) atoms. The fourth-order valence-electron chi connectivity index (χ4n) is 1.21. The number of carboxylic acids is 1. The van der Waals surface area contributed by atoms with Crippen LogP contribution in [-0.2, 0) is 4.79 Å². The smallest absolute Gasteiger partial charge is 0.324 e. The van der Waals surface area contributed by atoms with Gasteiger partial charge in [0.1, 0.15) is 12.2 Å². The van der Waals surface area contributed by atoms with Crippen LogP contribution in [0, 0.1) is 10.1 Å². The van der Waals surface area contributed by atoms with Crippen LogP contribution in [0.3, 0.4) is 0 Å². The van der Waals surface area contributed by atoms with Gasteiger partial charge in [0.15, 0.2) is 5.75 Å². The lowest BCUT2D eigenvalue weighted by Crippen LogP contribution is -2.19. The number of carbonyl (C=O) groups is 1. The lowest BCUT2D eigenvalue weighted by atomic mass is 10.2.